The molecule has 5 atom stereocenters. The normalized spacial score (nSPS) is 15.9. The third-order valence-corrected chi connectivity index (χ3v) is 11.1. The van der Waals surface area contributed by atoms with Crippen LogP contribution in [0.25, 0.3) is 10.8 Å². The van der Waals surface area contributed by atoms with Crippen molar-refractivity contribution in [2.75, 3.05) is 13.2 Å². The molecule has 8 N–H and O–H groups in total. The van der Waals surface area contributed by atoms with E-state index in [2.05, 4.69) is 31.2 Å². The third kappa shape index (κ3) is 12.9. The number of aromatic nitrogens is 2. The molecular formula is C42H55N7O6S. The van der Waals surface area contributed by atoms with Crippen LogP contribution in [-0.2, 0) is 27.2 Å². The highest BCUT2D eigenvalue weighted by molar-refractivity contribution is 7.07. The van der Waals surface area contributed by atoms with Crippen LogP contribution in [0.15, 0.2) is 77.9 Å². The van der Waals surface area contributed by atoms with Gasteiger partial charge in [0.1, 0.15) is 12.1 Å². The molecule has 0 unspecified atom stereocenters. The Morgan fingerprint density at radius 1 is 0.875 bits per heavy atom. The number of carbonyl (C=O) groups excluding carboxylic acids is 4. The van der Waals surface area contributed by atoms with E-state index in [9.17, 15) is 29.4 Å². The standard InChI is InChI=1S/C42H55N7O6S/c43-18-7-6-16-32(25-50)46-39(52)23-38(51)35(20-28-10-2-1-3-11-28)47-42(55)37(22-33-26-56-27-45-33)49-41(54)36(48-40(53)31-15-9-19-44-24-31)21-30-14-8-13-29-12-4-5-17-34(29)30/h4-5,8-9,12-15,17,19,24,26-28,32,35-38,50-51H,1-3,6-7,10-11,16,18,20-23,25,43H2,(H,46,52)(H,47,55)(H,48,53)(H,49,54)/t32-,35-,36-,37-,38-/m0/s1. The number of aliphatic hydroxyl groups excluding tert-OH is 2. The van der Waals surface area contributed by atoms with Crippen LogP contribution in [0.2, 0.25) is 0 Å². The van der Waals surface area contributed by atoms with Crippen molar-refractivity contribution in [3.8, 4) is 0 Å². The molecule has 1 aliphatic carbocycles. The number of unbranched alkanes of at least 4 members (excludes halogenated alkanes) is 1. The lowest BCUT2D eigenvalue weighted by Gasteiger charge is -2.32. The zero-order chi connectivity index (χ0) is 39.7. The Labute approximate surface area is 332 Å². The van der Waals surface area contributed by atoms with Gasteiger partial charge < -0.3 is 37.2 Å². The first kappa shape index (κ1) is 42.4. The van der Waals surface area contributed by atoms with Crippen molar-refractivity contribution in [1.29, 1.82) is 0 Å². The Bertz CT molecular complexity index is 1830. The van der Waals surface area contributed by atoms with Gasteiger partial charge in [-0.15, -0.1) is 11.3 Å². The highest BCUT2D eigenvalue weighted by atomic mass is 32.1. The van der Waals surface area contributed by atoms with E-state index in [0.29, 0.717) is 25.1 Å². The lowest BCUT2D eigenvalue weighted by molar-refractivity contribution is -0.131. The number of benzene rings is 2. The monoisotopic (exact) mass is 785 g/mol. The lowest BCUT2D eigenvalue weighted by Crippen LogP contribution is -2.57. The van der Waals surface area contributed by atoms with Gasteiger partial charge in [0.05, 0.1) is 48.0 Å². The first-order valence-corrected chi connectivity index (χ1v) is 20.6. The number of nitrogens with two attached hydrogens (primary N) is 1. The molecule has 5 rings (SSSR count). The molecule has 1 aliphatic rings. The van der Waals surface area contributed by atoms with Crippen LogP contribution in [-0.4, -0.2) is 87.2 Å². The molecule has 4 amide bonds. The number of nitrogens with one attached hydrogen (secondary N) is 4. The molecule has 0 saturated heterocycles. The van der Waals surface area contributed by atoms with Gasteiger partial charge in [-0.2, -0.15) is 0 Å². The quantitative estimate of drug-likeness (QED) is 0.0616. The summed E-state index contributed by atoms with van der Waals surface area (Å²) < 4.78 is 0. The third-order valence-electron chi connectivity index (χ3n) is 10.5. The molecule has 0 spiro atoms. The summed E-state index contributed by atoms with van der Waals surface area (Å²) in [5.41, 5.74) is 8.96. The molecule has 14 heteroatoms. The predicted octanol–water partition coefficient (Wildman–Crippen LogP) is 3.57. The molecule has 0 bridgehead atoms. The van der Waals surface area contributed by atoms with Gasteiger partial charge in [0, 0.05) is 30.6 Å². The second kappa shape index (κ2) is 22.1. The number of fused-ring (bicyclic) bond motifs is 1. The van der Waals surface area contributed by atoms with Crippen LogP contribution in [0.4, 0.5) is 0 Å². The van der Waals surface area contributed by atoms with E-state index in [-0.39, 0.29) is 37.4 Å². The Balaban J connectivity index is 1.36. The van der Waals surface area contributed by atoms with Gasteiger partial charge in [0.25, 0.3) is 5.91 Å². The van der Waals surface area contributed by atoms with Crippen molar-refractivity contribution in [3.05, 3.63) is 94.7 Å². The SMILES string of the molecule is NCCCC[C@@H](CO)NC(=O)C[C@H](O)[C@H](CC1CCCCC1)NC(=O)[C@H](Cc1cscn1)NC(=O)[C@H](Cc1cccc2ccccc12)NC(=O)c1cccnc1. The number of thiazole rings is 1. The summed E-state index contributed by atoms with van der Waals surface area (Å²) in [4.78, 5) is 63.6. The summed E-state index contributed by atoms with van der Waals surface area (Å²) in [6.45, 7) is 0.277. The fraction of sp³-hybridized carbons (Fsp3) is 0.476. The number of aliphatic hydroxyl groups is 2. The summed E-state index contributed by atoms with van der Waals surface area (Å²) in [7, 11) is 0. The zero-order valence-electron chi connectivity index (χ0n) is 31.8. The Morgan fingerprint density at radius 3 is 2.38 bits per heavy atom. The fourth-order valence-corrected chi connectivity index (χ4v) is 7.98. The minimum Gasteiger partial charge on any atom is -0.394 e. The van der Waals surface area contributed by atoms with Crippen LogP contribution in [0, 0.1) is 5.92 Å². The molecule has 2 heterocycles. The summed E-state index contributed by atoms with van der Waals surface area (Å²) in [6, 6.07) is 13.4. The number of carbonyl (C=O) groups is 4. The van der Waals surface area contributed by atoms with E-state index in [0.717, 1.165) is 61.3 Å². The average Bonchev–Trinajstić information content (AvgIpc) is 3.73. The smallest absolute Gasteiger partial charge is 0.253 e. The molecule has 13 nitrogen and oxygen atoms in total. The van der Waals surface area contributed by atoms with Crippen molar-refractivity contribution in [3.63, 3.8) is 0 Å². The summed E-state index contributed by atoms with van der Waals surface area (Å²) in [5.74, 6) is -1.79. The van der Waals surface area contributed by atoms with Gasteiger partial charge in [-0.1, -0.05) is 81.0 Å². The second-order valence-electron chi connectivity index (χ2n) is 14.7. The van der Waals surface area contributed by atoms with Crippen molar-refractivity contribution in [2.45, 2.75) is 107 Å². The van der Waals surface area contributed by atoms with Gasteiger partial charge in [0.15, 0.2) is 0 Å². The van der Waals surface area contributed by atoms with E-state index in [4.69, 9.17) is 5.73 Å². The van der Waals surface area contributed by atoms with Gasteiger partial charge in [-0.05, 0) is 60.2 Å². The summed E-state index contributed by atoms with van der Waals surface area (Å²) in [5, 5.41) is 36.7. The number of nitrogens with zero attached hydrogens (tertiary/aromatic N) is 2. The van der Waals surface area contributed by atoms with Gasteiger partial charge in [-0.25, -0.2) is 4.98 Å². The molecular weight excluding hydrogens is 731 g/mol. The van der Waals surface area contributed by atoms with Crippen LogP contribution >= 0.6 is 11.3 Å². The van der Waals surface area contributed by atoms with Crippen LogP contribution in [0.1, 0.15) is 85.8 Å². The minimum absolute atomic E-state index is 0.0618. The molecule has 4 aromatic rings. The Hall–Kier alpha value is -4.76. The van der Waals surface area contributed by atoms with Crippen LogP contribution < -0.4 is 27.0 Å². The van der Waals surface area contributed by atoms with Gasteiger partial charge in [0.2, 0.25) is 17.7 Å². The maximum Gasteiger partial charge on any atom is 0.253 e. The average molecular weight is 786 g/mol. The summed E-state index contributed by atoms with van der Waals surface area (Å²) >= 11 is 1.36. The predicted molar refractivity (Wildman–Crippen MR) is 217 cm³/mol. The van der Waals surface area contributed by atoms with Gasteiger partial charge >= 0.3 is 0 Å². The van der Waals surface area contributed by atoms with Crippen molar-refractivity contribution < 1.29 is 29.4 Å². The number of amides is 4. The first-order chi connectivity index (χ1) is 27.2. The van der Waals surface area contributed by atoms with Crippen molar-refractivity contribution in [2.24, 2.45) is 11.7 Å². The minimum atomic E-state index is -1.22. The highest BCUT2D eigenvalue weighted by Crippen LogP contribution is 2.29. The van der Waals surface area contributed by atoms with Crippen molar-refractivity contribution in [1.82, 2.24) is 31.2 Å². The molecule has 56 heavy (non-hydrogen) atoms. The number of hydrogen-bond acceptors (Lipinski definition) is 10. The molecule has 1 saturated carbocycles. The molecule has 0 aliphatic heterocycles. The van der Waals surface area contributed by atoms with Gasteiger partial charge in [-0.3, -0.25) is 24.2 Å². The number of hydrogen-bond donors (Lipinski definition) is 7. The van der Waals surface area contributed by atoms with Crippen LogP contribution in [0.3, 0.4) is 0 Å². The maximum absolute atomic E-state index is 14.3. The molecule has 300 valence electrons. The topological polar surface area (TPSA) is 209 Å². The maximum atomic E-state index is 14.3. The van der Waals surface area contributed by atoms with E-state index >= 15 is 0 Å². The molecule has 1 fully saturated rings. The Kier molecular flexibility index (Phi) is 16.7. The fourth-order valence-electron chi connectivity index (χ4n) is 7.41. The van der Waals surface area contributed by atoms with E-state index < -0.39 is 53.9 Å². The lowest BCUT2D eigenvalue weighted by atomic mass is 9.83. The molecule has 2 aromatic carbocycles. The molecule has 2 aromatic heterocycles. The zero-order valence-corrected chi connectivity index (χ0v) is 32.6. The number of rotatable bonds is 21. The van der Waals surface area contributed by atoms with E-state index in [1.54, 1.807) is 29.2 Å². The largest absolute Gasteiger partial charge is 0.394 e. The van der Waals surface area contributed by atoms with E-state index in [1.807, 2.05) is 42.5 Å². The molecule has 0 radical (unpaired) electrons. The van der Waals surface area contributed by atoms with Crippen LogP contribution in [0.5, 0.6) is 0 Å². The number of pyridine rings is 1. The second-order valence-corrected chi connectivity index (χ2v) is 15.4. The van der Waals surface area contributed by atoms with E-state index in [1.165, 1.54) is 17.5 Å². The highest BCUT2D eigenvalue weighted by Gasteiger charge is 2.33. The Morgan fingerprint density at radius 2 is 1.64 bits per heavy atom. The first-order valence-electron chi connectivity index (χ1n) is 19.7. The summed E-state index contributed by atoms with van der Waals surface area (Å²) in [6.07, 6.45) is 9.33. The van der Waals surface area contributed by atoms with Crippen molar-refractivity contribution >= 4 is 45.7 Å².